The summed E-state index contributed by atoms with van der Waals surface area (Å²) in [5.41, 5.74) is 0. The van der Waals surface area contributed by atoms with E-state index in [0.29, 0.717) is 6.16 Å². The maximum atomic E-state index is 12.6. The SMILES string of the molecule is CCCCP(=O)(O[Si](C)(C)C)O[Si](C)(C)C. The van der Waals surface area contributed by atoms with E-state index < -0.39 is 24.2 Å². The highest BCUT2D eigenvalue weighted by Crippen LogP contribution is 2.53. The maximum absolute atomic E-state index is 12.6. The molecule has 0 rings (SSSR count). The standard InChI is InChI=1S/C10H27O3PSi2/c1-8-9-10-14(11,12-15(2,3)4)13-16(5,6)7/h8-10H2,1-7H3. The molecule has 16 heavy (non-hydrogen) atoms. The van der Waals surface area contributed by atoms with Crippen LogP contribution >= 0.6 is 7.60 Å². The van der Waals surface area contributed by atoms with Crippen molar-refractivity contribution in [2.75, 3.05) is 6.16 Å². The van der Waals surface area contributed by atoms with E-state index in [0.717, 1.165) is 12.8 Å². The van der Waals surface area contributed by atoms with Gasteiger partial charge in [-0.2, -0.15) is 0 Å². The molecule has 6 heteroatoms. The van der Waals surface area contributed by atoms with Crippen molar-refractivity contribution in [1.82, 2.24) is 0 Å². The molecule has 0 heterocycles. The third-order valence-corrected chi connectivity index (χ3v) is 9.08. The summed E-state index contributed by atoms with van der Waals surface area (Å²) in [5, 5.41) is 0. The van der Waals surface area contributed by atoms with Crippen molar-refractivity contribution in [3.63, 3.8) is 0 Å². The van der Waals surface area contributed by atoms with Crippen LogP contribution in [0.4, 0.5) is 0 Å². The van der Waals surface area contributed by atoms with E-state index in [4.69, 9.17) is 8.43 Å². The normalized spacial score (nSPS) is 14.2. The van der Waals surface area contributed by atoms with Crippen LogP contribution in [0, 0.1) is 0 Å². The summed E-state index contributed by atoms with van der Waals surface area (Å²) in [6, 6.07) is 0. The van der Waals surface area contributed by atoms with Gasteiger partial charge in [0.15, 0.2) is 16.6 Å². The van der Waals surface area contributed by atoms with Crippen molar-refractivity contribution in [1.29, 1.82) is 0 Å². The molecule has 0 saturated carbocycles. The van der Waals surface area contributed by atoms with E-state index in [2.05, 4.69) is 46.2 Å². The summed E-state index contributed by atoms with van der Waals surface area (Å²) in [6.07, 6.45) is 2.50. The molecule has 0 aliphatic carbocycles. The lowest BCUT2D eigenvalue weighted by Crippen LogP contribution is -2.30. The lowest BCUT2D eigenvalue weighted by molar-refractivity contribution is 0.381. The second-order valence-corrected chi connectivity index (χ2v) is 17.7. The monoisotopic (exact) mass is 282 g/mol. The average Bonchev–Trinajstić information content (AvgIpc) is 1.93. The Kier molecular flexibility index (Phi) is 6.18. The van der Waals surface area contributed by atoms with Gasteiger partial charge in [-0.25, -0.2) is 0 Å². The number of hydrogen-bond donors (Lipinski definition) is 0. The first kappa shape index (κ1) is 16.6. The first-order chi connectivity index (χ1) is 6.97. The second kappa shape index (κ2) is 5.96. The van der Waals surface area contributed by atoms with Gasteiger partial charge in [0.2, 0.25) is 0 Å². The Labute approximate surface area is 103 Å². The summed E-state index contributed by atoms with van der Waals surface area (Å²) in [5.74, 6) is 0. The molecule has 0 aromatic rings. The van der Waals surface area contributed by atoms with Crippen molar-refractivity contribution >= 4 is 24.2 Å². The van der Waals surface area contributed by atoms with Gasteiger partial charge in [-0.15, -0.1) is 0 Å². The lowest BCUT2D eigenvalue weighted by Gasteiger charge is -2.31. The van der Waals surface area contributed by atoms with Gasteiger partial charge >= 0.3 is 7.60 Å². The smallest absolute Gasteiger partial charge is 0.311 e. The van der Waals surface area contributed by atoms with Crippen LogP contribution in [0.2, 0.25) is 39.3 Å². The van der Waals surface area contributed by atoms with Crippen LogP contribution in [0.3, 0.4) is 0 Å². The lowest BCUT2D eigenvalue weighted by atomic mass is 10.4. The minimum atomic E-state index is -2.86. The van der Waals surface area contributed by atoms with Crippen LogP contribution in [0.1, 0.15) is 19.8 Å². The Morgan fingerprint density at radius 1 is 0.938 bits per heavy atom. The Bertz CT molecular complexity index is 236. The molecular weight excluding hydrogens is 255 g/mol. The van der Waals surface area contributed by atoms with Gasteiger partial charge in [0.25, 0.3) is 0 Å². The number of hydrogen-bond acceptors (Lipinski definition) is 3. The Balaban J connectivity index is 4.69. The summed E-state index contributed by atoms with van der Waals surface area (Å²) in [4.78, 5) is 0. The highest BCUT2D eigenvalue weighted by Gasteiger charge is 2.35. The molecule has 3 nitrogen and oxygen atoms in total. The highest BCUT2D eigenvalue weighted by molar-refractivity contribution is 7.57. The zero-order valence-corrected chi connectivity index (χ0v) is 14.7. The van der Waals surface area contributed by atoms with Crippen LogP contribution in [0.25, 0.3) is 0 Å². The minimum absolute atomic E-state index is 0.567. The van der Waals surface area contributed by atoms with E-state index in [-0.39, 0.29) is 0 Å². The Morgan fingerprint density at radius 3 is 1.56 bits per heavy atom. The topological polar surface area (TPSA) is 35.5 Å². The first-order valence-electron chi connectivity index (χ1n) is 5.98. The van der Waals surface area contributed by atoms with Gasteiger partial charge in [-0.05, 0) is 45.7 Å². The summed E-state index contributed by atoms with van der Waals surface area (Å²) in [6.45, 7) is 14.4. The van der Waals surface area contributed by atoms with Crippen molar-refractivity contribution in [2.24, 2.45) is 0 Å². The van der Waals surface area contributed by atoms with Gasteiger partial charge in [-0.1, -0.05) is 13.3 Å². The molecule has 0 spiro atoms. The molecule has 0 aliphatic heterocycles. The molecular formula is C10H27O3PSi2. The molecule has 0 bridgehead atoms. The van der Waals surface area contributed by atoms with Crippen molar-refractivity contribution in [2.45, 2.75) is 59.0 Å². The third kappa shape index (κ3) is 8.70. The van der Waals surface area contributed by atoms with Gasteiger partial charge in [0.05, 0.1) is 0 Å². The van der Waals surface area contributed by atoms with E-state index in [1.165, 1.54) is 0 Å². The zero-order valence-electron chi connectivity index (χ0n) is 11.8. The van der Waals surface area contributed by atoms with Crippen LogP contribution in [-0.2, 0) is 13.0 Å². The summed E-state index contributed by atoms with van der Waals surface area (Å²) < 4.78 is 24.2. The maximum Gasteiger partial charge on any atom is 0.311 e. The molecule has 0 aromatic heterocycles. The Morgan fingerprint density at radius 2 is 1.31 bits per heavy atom. The second-order valence-electron chi connectivity index (χ2n) is 6.10. The molecule has 0 fully saturated rings. The average molecular weight is 282 g/mol. The fourth-order valence-corrected chi connectivity index (χ4v) is 9.89. The van der Waals surface area contributed by atoms with Gasteiger partial charge < -0.3 is 8.43 Å². The molecule has 0 radical (unpaired) electrons. The fourth-order valence-electron chi connectivity index (χ4n) is 1.30. The quantitative estimate of drug-likeness (QED) is 0.502. The molecule has 0 unspecified atom stereocenters. The van der Waals surface area contributed by atoms with Crippen LogP contribution in [0.15, 0.2) is 0 Å². The predicted molar refractivity (Wildman–Crippen MR) is 76.2 cm³/mol. The first-order valence-corrected chi connectivity index (χ1v) is 14.5. The van der Waals surface area contributed by atoms with Crippen LogP contribution in [-0.4, -0.2) is 22.8 Å². The van der Waals surface area contributed by atoms with Gasteiger partial charge in [0.1, 0.15) is 0 Å². The fraction of sp³-hybridized carbons (Fsp3) is 1.00. The van der Waals surface area contributed by atoms with Crippen LogP contribution in [0.5, 0.6) is 0 Å². The largest absolute Gasteiger partial charge is 0.352 e. The molecule has 98 valence electrons. The van der Waals surface area contributed by atoms with E-state index >= 15 is 0 Å². The Hall–Kier alpha value is 0.584. The summed E-state index contributed by atoms with van der Waals surface area (Å²) >= 11 is 0. The molecule has 0 N–H and O–H groups in total. The van der Waals surface area contributed by atoms with Gasteiger partial charge in [0, 0.05) is 6.16 Å². The molecule has 0 saturated heterocycles. The van der Waals surface area contributed by atoms with E-state index in [1.54, 1.807) is 0 Å². The molecule has 0 aliphatic rings. The highest BCUT2D eigenvalue weighted by atomic mass is 31.2. The molecule has 0 aromatic carbocycles. The number of rotatable bonds is 7. The van der Waals surface area contributed by atoms with Gasteiger partial charge in [-0.3, -0.25) is 4.57 Å². The van der Waals surface area contributed by atoms with E-state index in [1.807, 2.05) is 0 Å². The predicted octanol–water partition coefficient (Wildman–Crippen LogP) is 4.68. The zero-order chi connectivity index (χ0) is 13.0. The van der Waals surface area contributed by atoms with Crippen molar-refractivity contribution in [3.8, 4) is 0 Å². The molecule has 0 amide bonds. The summed E-state index contributed by atoms with van der Waals surface area (Å²) in [7, 11) is -6.47. The van der Waals surface area contributed by atoms with E-state index in [9.17, 15) is 4.57 Å². The van der Waals surface area contributed by atoms with Crippen molar-refractivity contribution in [3.05, 3.63) is 0 Å². The molecule has 0 atom stereocenters. The number of unbranched alkanes of at least 4 members (excludes halogenated alkanes) is 1. The third-order valence-electron chi connectivity index (χ3n) is 1.61. The minimum Gasteiger partial charge on any atom is -0.352 e. The van der Waals surface area contributed by atoms with Crippen molar-refractivity contribution < 1.29 is 13.0 Å². The van der Waals surface area contributed by atoms with Crippen LogP contribution < -0.4 is 0 Å².